The molecule has 1 aromatic heterocycles. The summed E-state index contributed by atoms with van der Waals surface area (Å²) in [6, 6.07) is 22.3. The van der Waals surface area contributed by atoms with Gasteiger partial charge in [0.2, 0.25) is 17.7 Å². The molecule has 2 heterocycles. The van der Waals surface area contributed by atoms with Gasteiger partial charge >= 0.3 is 0 Å². The predicted octanol–water partition coefficient (Wildman–Crippen LogP) is 4.89. The van der Waals surface area contributed by atoms with Crippen molar-refractivity contribution in [3.05, 3.63) is 90.1 Å². The van der Waals surface area contributed by atoms with Gasteiger partial charge in [-0.25, -0.2) is 0 Å². The van der Waals surface area contributed by atoms with Gasteiger partial charge < -0.3 is 15.5 Å². The van der Waals surface area contributed by atoms with Crippen molar-refractivity contribution in [1.82, 2.24) is 14.8 Å². The molecule has 7 heteroatoms. The van der Waals surface area contributed by atoms with Gasteiger partial charge in [0.25, 0.3) is 0 Å². The van der Waals surface area contributed by atoms with E-state index in [0.717, 1.165) is 32.8 Å². The topological polar surface area (TPSA) is 96.6 Å². The number of pyridine rings is 1. The van der Waals surface area contributed by atoms with Gasteiger partial charge in [-0.1, -0.05) is 74.5 Å². The summed E-state index contributed by atoms with van der Waals surface area (Å²) in [6.07, 6.45) is 3.28. The van der Waals surface area contributed by atoms with Crippen LogP contribution in [0.15, 0.2) is 79.0 Å². The summed E-state index contributed by atoms with van der Waals surface area (Å²) >= 11 is 0. The van der Waals surface area contributed by atoms with Crippen LogP contribution in [0.2, 0.25) is 0 Å². The van der Waals surface area contributed by atoms with Crippen molar-refractivity contribution >= 4 is 39.4 Å². The van der Waals surface area contributed by atoms with Crippen LogP contribution in [0, 0.1) is 5.92 Å². The maximum Gasteiger partial charge on any atom is 0.246 e. The van der Waals surface area contributed by atoms with Gasteiger partial charge in [0, 0.05) is 30.6 Å². The molecule has 41 heavy (non-hydrogen) atoms. The first kappa shape index (κ1) is 28.3. The third kappa shape index (κ3) is 6.24. The molecule has 3 aromatic carbocycles. The highest BCUT2D eigenvalue weighted by Gasteiger charge is 2.42. The zero-order chi connectivity index (χ0) is 29.1. The van der Waals surface area contributed by atoms with E-state index < -0.39 is 18.0 Å². The van der Waals surface area contributed by atoms with Crippen molar-refractivity contribution in [3.8, 4) is 0 Å². The SMILES string of the molecule is CC(C)C[C@H]1C(=O)N([C@@H](Cc2ccc3ccccc3c2)C(N)=O)CC[C@@H](C)N1C(=O)Cc1cnc2ccccc2c1. The first-order valence-electron chi connectivity index (χ1n) is 14.4. The Bertz CT molecular complexity index is 1580. The van der Waals surface area contributed by atoms with Gasteiger partial charge in [-0.3, -0.25) is 19.4 Å². The van der Waals surface area contributed by atoms with Crippen LogP contribution in [0.4, 0.5) is 0 Å². The van der Waals surface area contributed by atoms with Crippen molar-refractivity contribution in [3.63, 3.8) is 0 Å². The summed E-state index contributed by atoms with van der Waals surface area (Å²) in [7, 11) is 0. The Balaban J connectivity index is 1.42. The monoisotopic (exact) mass is 550 g/mol. The number of hydrogen-bond acceptors (Lipinski definition) is 4. The van der Waals surface area contributed by atoms with Crippen molar-refractivity contribution in [2.45, 2.75) is 64.6 Å². The molecule has 0 bridgehead atoms. The third-order valence-corrected chi connectivity index (χ3v) is 8.10. The molecule has 1 fully saturated rings. The van der Waals surface area contributed by atoms with Crippen LogP contribution in [0.5, 0.6) is 0 Å². The predicted molar refractivity (Wildman–Crippen MR) is 162 cm³/mol. The molecule has 1 aliphatic rings. The molecule has 4 aromatic rings. The maximum absolute atomic E-state index is 14.2. The lowest BCUT2D eigenvalue weighted by Gasteiger charge is -2.36. The van der Waals surface area contributed by atoms with Gasteiger partial charge in [-0.2, -0.15) is 0 Å². The van der Waals surface area contributed by atoms with Crippen molar-refractivity contribution in [2.75, 3.05) is 6.54 Å². The van der Waals surface area contributed by atoms with E-state index in [1.807, 2.05) is 87.5 Å². The number of primary amides is 1. The summed E-state index contributed by atoms with van der Waals surface area (Å²) in [5.74, 6) is -0.691. The molecule has 0 unspecified atom stereocenters. The number of benzene rings is 3. The van der Waals surface area contributed by atoms with E-state index in [0.29, 0.717) is 25.8 Å². The van der Waals surface area contributed by atoms with Crippen LogP contribution in [0.1, 0.15) is 44.7 Å². The molecule has 1 aliphatic heterocycles. The zero-order valence-corrected chi connectivity index (χ0v) is 24.0. The summed E-state index contributed by atoms with van der Waals surface area (Å²) in [4.78, 5) is 48.8. The zero-order valence-electron chi connectivity index (χ0n) is 24.0. The number of para-hydroxylation sites is 1. The molecule has 3 atom stereocenters. The number of nitrogens with two attached hydrogens (primary N) is 1. The number of amides is 3. The van der Waals surface area contributed by atoms with E-state index in [4.69, 9.17) is 5.73 Å². The largest absolute Gasteiger partial charge is 0.368 e. The minimum Gasteiger partial charge on any atom is -0.368 e. The number of rotatable bonds is 8. The molecule has 0 saturated carbocycles. The Labute approximate surface area is 241 Å². The van der Waals surface area contributed by atoms with E-state index in [2.05, 4.69) is 11.1 Å². The summed E-state index contributed by atoms with van der Waals surface area (Å²) in [6.45, 7) is 6.44. The van der Waals surface area contributed by atoms with Crippen LogP contribution >= 0.6 is 0 Å². The molecule has 0 spiro atoms. The smallest absolute Gasteiger partial charge is 0.246 e. The molecule has 212 valence electrons. The van der Waals surface area contributed by atoms with Gasteiger partial charge in [-0.05, 0) is 59.7 Å². The number of carbonyl (C=O) groups excluding carboxylic acids is 3. The molecule has 5 rings (SSSR count). The highest BCUT2D eigenvalue weighted by Crippen LogP contribution is 2.27. The lowest BCUT2D eigenvalue weighted by Crippen LogP contribution is -2.56. The molecule has 0 aliphatic carbocycles. The fourth-order valence-corrected chi connectivity index (χ4v) is 6.02. The van der Waals surface area contributed by atoms with Crippen LogP contribution in [-0.4, -0.2) is 57.2 Å². The minimum atomic E-state index is -0.801. The maximum atomic E-state index is 14.2. The number of carbonyl (C=O) groups is 3. The Hall–Kier alpha value is -4.26. The van der Waals surface area contributed by atoms with E-state index in [1.54, 1.807) is 16.0 Å². The molecule has 3 amide bonds. The van der Waals surface area contributed by atoms with Gasteiger partial charge in [0.15, 0.2) is 0 Å². The lowest BCUT2D eigenvalue weighted by atomic mass is 9.97. The normalized spacial score (nSPS) is 18.6. The molecular weight excluding hydrogens is 512 g/mol. The van der Waals surface area contributed by atoms with Gasteiger partial charge in [0.1, 0.15) is 12.1 Å². The standard InChI is InChI=1S/C34H38N4O3/c1-22(2)16-31-34(41)37(30(33(35)40)19-24-12-13-26-8-4-5-9-27(26)17-24)15-14-23(3)38(31)32(39)20-25-18-28-10-6-7-11-29(28)36-21-25/h4-13,17-18,21-23,30-31H,14-16,19-20H2,1-3H3,(H2,35,40)/t23-,30+,31+/m1/s1. The van der Waals surface area contributed by atoms with Crippen LogP contribution in [0.3, 0.4) is 0 Å². The van der Waals surface area contributed by atoms with Crippen LogP contribution in [0.25, 0.3) is 21.7 Å². The minimum absolute atomic E-state index is 0.111. The Kier molecular flexibility index (Phi) is 8.34. The molecular formula is C34H38N4O3. The molecule has 1 saturated heterocycles. The second-order valence-corrected chi connectivity index (χ2v) is 11.6. The Morgan fingerprint density at radius 2 is 1.63 bits per heavy atom. The second kappa shape index (κ2) is 12.1. The number of fused-ring (bicyclic) bond motifs is 2. The Morgan fingerprint density at radius 3 is 2.37 bits per heavy atom. The highest BCUT2D eigenvalue weighted by atomic mass is 16.2. The van der Waals surface area contributed by atoms with E-state index in [-0.39, 0.29) is 30.2 Å². The highest BCUT2D eigenvalue weighted by molar-refractivity contribution is 5.93. The average molecular weight is 551 g/mol. The van der Waals surface area contributed by atoms with E-state index in [1.165, 1.54) is 0 Å². The second-order valence-electron chi connectivity index (χ2n) is 11.6. The first-order chi connectivity index (χ1) is 19.7. The molecule has 0 radical (unpaired) electrons. The van der Waals surface area contributed by atoms with Gasteiger partial charge in [0.05, 0.1) is 11.9 Å². The number of aromatic nitrogens is 1. The fourth-order valence-electron chi connectivity index (χ4n) is 6.02. The Morgan fingerprint density at radius 1 is 0.951 bits per heavy atom. The number of nitrogens with zero attached hydrogens (tertiary/aromatic N) is 3. The quantitative estimate of drug-likeness (QED) is 0.338. The molecule has 2 N–H and O–H groups in total. The summed E-state index contributed by atoms with van der Waals surface area (Å²) in [5.41, 5.74) is 8.57. The lowest BCUT2D eigenvalue weighted by molar-refractivity contribution is -0.148. The number of hydrogen-bond donors (Lipinski definition) is 1. The van der Waals surface area contributed by atoms with Crippen molar-refractivity contribution in [2.24, 2.45) is 11.7 Å². The van der Waals surface area contributed by atoms with Crippen LogP contribution in [-0.2, 0) is 27.2 Å². The van der Waals surface area contributed by atoms with Gasteiger partial charge in [-0.15, -0.1) is 0 Å². The summed E-state index contributed by atoms with van der Waals surface area (Å²) < 4.78 is 0. The van der Waals surface area contributed by atoms with Crippen molar-refractivity contribution in [1.29, 1.82) is 0 Å². The first-order valence-corrected chi connectivity index (χ1v) is 14.4. The average Bonchev–Trinajstić information content (AvgIpc) is 3.06. The third-order valence-electron chi connectivity index (χ3n) is 8.10. The van der Waals surface area contributed by atoms with Crippen LogP contribution < -0.4 is 5.73 Å². The van der Waals surface area contributed by atoms with E-state index in [9.17, 15) is 14.4 Å². The summed E-state index contributed by atoms with van der Waals surface area (Å²) in [5, 5.41) is 3.15. The van der Waals surface area contributed by atoms with Crippen molar-refractivity contribution < 1.29 is 14.4 Å². The molecule has 7 nitrogen and oxygen atoms in total. The fraction of sp³-hybridized carbons (Fsp3) is 0.353. The van der Waals surface area contributed by atoms with E-state index >= 15 is 0 Å².